The molecule has 0 radical (unpaired) electrons. The maximum absolute atomic E-state index is 13.2. The van der Waals surface area contributed by atoms with E-state index in [-0.39, 0.29) is 49.6 Å². The first-order valence-corrected chi connectivity index (χ1v) is 16.4. The van der Waals surface area contributed by atoms with E-state index in [2.05, 4.69) is 22.5 Å². The van der Waals surface area contributed by atoms with Gasteiger partial charge in [0.1, 0.15) is 0 Å². The minimum absolute atomic E-state index is 0.0138. The van der Waals surface area contributed by atoms with E-state index in [4.69, 9.17) is 18.9 Å². The molecule has 0 aliphatic carbocycles. The second kappa shape index (κ2) is 22.3. The van der Waals surface area contributed by atoms with E-state index in [0.717, 1.165) is 22.4 Å². The highest BCUT2D eigenvalue weighted by atomic mass is 16.6. The van der Waals surface area contributed by atoms with Crippen LogP contribution in [0.15, 0.2) is 48.5 Å². The predicted octanol–water partition coefficient (Wildman–Crippen LogP) is 2.27. The molecule has 1 aliphatic rings. The molecular weight excluding hydrogens is 616 g/mol. The number of fused-ring (bicyclic) bond motifs is 2. The molecule has 0 unspecified atom stereocenters. The summed E-state index contributed by atoms with van der Waals surface area (Å²) in [6.07, 6.45) is 1.56. The summed E-state index contributed by atoms with van der Waals surface area (Å²) in [5.41, 5.74) is 3.45. The van der Waals surface area contributed by atoms with Crippen LogP contribution in [0.1, 0.15) is 48.8 Å². The van der Waals surface area contributed by atoms with Crippen LogP contribution in [0, 0.1) is 11.8 Å². The number of hydrogen-bond acceptors (Lipinski definition) is 8. The number of para-hydroxylation sites is 1. The SMILES string of the molecule is CN(C)C(=O)CCCC(=O)NCCOCCOCCOCCOCCC(=O)NCCC(=O)N1Cc2ccccc2C#Cc2ccccc21. The number of benzene rings is 2. The lowest BCUT2D eigenvalue weighted by Gasteiger charge is -2.26. The summed E-state index contributed by atoms with van der Waals surface area (Å²) in [5.74, 6) is 6.05. The van der Waals surface area contributed by atoms with Gasteiger partial charge in [-0.3, -0.25) is 19.2 Å². The number of nitrogens with zero attached hydrogens (tertiary/aromatic N) is 2. The van der Waals surface area contributed by atoms with E-state index in [1.807, 2.05) is 48.5 Å². The van der Waals surface area contributed by atoms with E-state index in [1.54, 1.807) is 19.0 Å². The Balaban J connectivity index is 1.13. The van der Waals surface area contributed by atoms with Crippen molar-refractivity contribution in [3.63, 3.8) is 0 Å². The van der Waals surface area contributed by atoms with Gasteiger partial charge < -0.3 is 39.4 Å². The molecule has 0 aromatic heterocycles. The van der Waals surface area contributed by atoms with E-state index in [1.165, 1.54) is 4.90 Å². The summed E-state index contributed by atoms with van der Waals surface area (Å²) < 4.78 is 21.8. The molecule has 2 N–H and O–H groups in total. The highest BCUT2D eigenvalue weighted by Gasteiger charge is 2.21. The molecule has 0 saturated carbocycles. The zero-order chi connectivity index (χ0) is 34.4. The molecule has 0 bridgehead atoms. The Kier molecular flexibility index (Phi) is 17.7. The number of rotatable bonds is 22. The molecule has 1 heterocycles. The maximum atomic E-state index is 13.2. The monoisotopic (exact) mass is 664 g/mol. The lowest BCUT2D eigenvalue weighted by molar-refractivity contribution is -0.129. The van der Waals surface area contributed by atoms with Crippen molar-refractivity contribution >= 4 is 29.3 Å². The first-order valence-electron chi connectivity index (χ1n) is 16.4. The third kappa shape index (κ3) is 14.6. The third-order valence-electron chi connectivity index (χ3n) is 7.29. The summed E-state index contributed by atoms with van der Waals surface area (Å²) in [6.45, 7) is 4.06. The number of carbonyl (C=O) groups is 4. The topological polar surface area (TPSA) is 136 Å². The van der Waals surface area contributed by atoms with E-state index >= 15 is 0 Å². The molecule has 2 aromatic carbocycles. The number of hydrogen-bond donors (Lipinski definition) is 2. The summed E-state index contributed by atoms with van der Waals surface area (Å²) in [5, 5.41) is 5.57. The van der Waals surface area contributed by atoms with Crippen molar-refractivity contribution < 1.29 is 38.1 Å². The number of anilines is 1. The van der Waals surface area contributed by atoms with Gasteiger partial charge in [0.05, 0.1) is 65.1 Å². The zero-order valence-corrected chi connectivity index (χ0v) is 28.1. The van der Waals surface area contributed by atoms with Crippen LogP contribution in [0.5, 0.6) is 0 Å². The van der Waals surface area contributed by atoms with Gasteiger partial charge in [0.2, 0.25) is 23.6 Å². The lowest BCUT2D eigenvalue weighted by atomic mass is 10.0. The van der Waals surface area contributed by atoms with E-state index in [9.17, 15) is 19.2 Å². The maximum Gasteiger partial charge on any atom is 0.229 e. The second-order valence-electron chi connectivity index (χ2n) is 11.2. The average Bonchev–Trinajstić information content (AvgIpc) is 3.07. The van der Waals surface area contributed by atoms with Crippen molar-refractivity contribution in [1.82, 2.24) is 15.5 Å². The van der Waals surface area contributed by atoms with Gasteiger partial charge in [-0.2, -0.15) is 0 Å². The highest BCUT2D eigenvalue weighted by molar-refractivity contribution is 5.95. The quantitative estimate of drug-likeness (QED) is 0.145. The number of ether oxygens (including phenoxy) is 4. The lowest BCUT2D eigenvalue weighted by Crippen LogP contribution is -2.35. The Morgan fingerprint density at radius 2 is 1.23 bits per heavy atom. The fourth-order valence-corrected chi connectivity index (χ4v) is 4.64. The largest absolute Gasteiger partial charge is 0.379 e. The fraction of sp³-hybridized carbons (Fsp3) is 0.500. The number of nitrogens with one attached hydrogen (secondary N) is 2. The van der Waals surface area contributed by atoms with Crippen LogP contribution in [0.3, 0.4) is 0 Å². The first-order chi connectivity index (χ1) is 23.3. The summed E-state index contributed by atoms with van der Waals surface area (Å²) in [6, 6.07) is 15.4. The van der Waals surface area contributed by atoms with Crippen LogP contribution in [0.4, 0.5) is 5.69 Å². The Labute approximate surface area is 283 Å². The molecule has 0 spiro atoms. The van der Waals surface area contributed by atoms with Crippen molar-refractivity contribution in [1.29, 1.82) is 0 Å². The van der Waals surface area contributed by atoms with Crippen LogP contribution < -0.4 is 15.5 Å². The minimum Gasteiger partial charge on any atom is -0.379 e. The van der Waals surface area contributed by atoms with Crippen LogP contribution in [0.2, 0.25) is 0 Å². The summed E-state index contributed by atoms with van der Waals surface area (Å²) in [4.78, 5) is 52.0. The van der Waals surface area contributed by atoms with Crippen molar-refractivity contribution in [2.24, 2.45) is 0 Å². The van der Waals surface area contributed by atoms with Crippen LogP contribution in [-0.2, 0) is 44.7 Å². The summed E-state index contributed by atoms with van der Waals surface area (Å²) >= 11 is 0. The molecule has 48 heavy (non-hydrogen) atoms. The van der Waals surface area contributed by atoms with Gasteiger partial charge >= 0.3 is 0 Å². The summed E-state index contributed by atoms with van der Waals surface area (Å²) in [7, 11) is 3.39. The first kappa shape index (κ1) is 38.2. The average molecular weight is 665 g/mol. The molecule has 3 rings (SSSR count). The molecule has 0 saturated heterocycles. The molecule has 4 amide bonds. The van der Waals surface area contributed by atoms with Gasteiger partial charge in [0.15, 0.2) is 0 Å². The van der Waals surface area contributed by atoms with Crippen LogP contribution in [-0.4, -0.2) is 109 Å². The van der Waals surface area contributed by atoms with Gasteiger partial charge in [-0.15, -0.1) is 0 Å². The normalized spacial score (nSPS) is 11.7. The van der Waals surface area contributed by atoms with Gasteiger partial charge in [-0.05, 0) is 30.2 Å². The Morgan fingerprint density at radius 3 is 1.94 bits per heavy atom. The second-order valence-corrected chi connectivity index (χ2v) is 11.2. The van der Waals surface area contributed by atoms with Crippen molar-refractivity contribution in [3.8, 4) is 11.8 Å². The fourth-order valence-electron chi connectivity index (χ4n) is 4.64. The smallest absolute Gasteiger partial charge is 0.229 e. The minimum atomic E-state index is -0.181. The third-order valence-corrected chi connectivity index (χ3v) is 7.29. The van der Waals surface area contributed by atoms with Crippen LogP contribution in [0.25, 0.3) is 0 Å². The molecule has 260 valence electrons. The van der Waals surface area contributed by atoms with Gasteiger partial charge in [0, 0.05) is 64.0 Å². The predicted molar refractivity (Wildman–Crippen MR) is 181 cm³/mol. The van der Waals surface area contributed by atoms with Crippen molar-refractivity contribution in [2.45, 2.75) is 38.6 Å². The van der Waals surface area contributed by atoms with Gasteiger partial charge in [-0.25, -0.2) is 0 Å². The van der Waals surface area contributed by atoms with Gasteiger partial charge in [0.25, 0.3) is 0 Å². The molecular formula is C36H48N4O8. The number of amides is 4. The number of carbonyl (C=O) groups excluding carboxylic acids is 4. The van der Waals surface area contributed by atoms with Crippen LogP contribution >= 0.6 is 0 Å². The van der Waals surface area contributed by atoms with Crippen molar-refractivity contribution in [3.05, 3.63) is 65.2 Å². The van der Waals surface area contributed by atoms with Crippen molar-refractivity contribution in [2.75, 3.05) is 84.9 Å². The molecule has 1 aliphatic heterocycles. The highest BCUT2D eigenvalue weighted by Crippen LogP contribution is 2.25. The van der Waals surface area contributed by atoms with E-state index < -0.39 is 0 Å². The Morgan fingerprint density at radius 1 is 0.667 bits per heavy atom. The van der Waals surface area contributed by atoms with E-state index in [0.29, 0.717) is 78.6 Å². The molecule has 12 nitrogen and oxygen atoms in total. The zero-order valence-electron chi connectivity index (χ0n) is 28.1. The standard InChI is InChI=1S/C36H48N4O8/c1-39(2)35(43)13-7-12-33(41)38-19-21-46-23-25-48-27-26-47-24-22-45-20-17-34(42)37-18-16-36(44)40-28-31-10-4-3-8-29(31)14-15-30-9-5-6-11-32(30)40/h3-6,8-11H,7,12-13,16-28H2,1-2H3,(H,37,42)(H,38,41). The van der Waals surface area contributed by atoms with Gasteiger partial charge in [-0.1, -0.05) is 42.2 Å². The Bertz CT molecular complexity index is 1390. The molecule has 0 atom stereocenters. The molecule has 0 fully saturated rings. The Hall–Kier alpha value is -4.28. The molecule has 2 aromatic rings. The molecule has 12 heteroatoms.